The van der Waals surface area contributed by atoms with Crippen molar-refractivity contribution in [1.29, 1.82) is 0 Å². The van der Waals surface area contributed by atoms with Crippen LogP contribution in [0.25, 0.3) is 0 Å². The van der Waals surface area contributed by atoms with Gasteiger partial charge in [-0.05, 0) is 12.3 Å². The molecule has 0 aliphatic heterocycles. The Hall–Kier alpha value is -0.360. The lowest BCUT2D eigenvalue weighted by Crippen LogP contribution is -2.58. The van der Waals surface area contributed by atoms with Gasteiger partial charge in [0, 0.05) is 6.04 Å². The van der Waals surface area contributed by atoms with E-state index in [2.05, 4.69) is 0 Å². The van der Waals surface area contributed by atoms with E-state index in [4.69, 9.17) is 15.6 Å². The quantitative estimate of drug-likeness (QED) is 0.231. The molecule has 0 aromatic carbocycles. The summed E-state index contributed by atoms with van der Waals surface area (Å²) in [5.41, 5.74) is 5.74. The van der Waals surface area contributed by atoms with Crippen LogP contribution in [0.5, 0.6) is 0 Å². The molecule has 0 heterocycles. The predicted octanol–water partition coefficient (Wildman–Crippen LogP) is -4.10. The van der Waals surface area contributed by atoms with Crippen molar-refractivity contribution in [2.24, 2.45) is 11.7 Å². The molecular formula is C13H27NO8. The maximum atomic E-state index is 10.0. The molecule has 0 saturated heterocycles. The molecule has 9 nitrogen and oxygen atoms in total. The molecular weight excluding hydrogens is 298 g/mol. The zero-order chi connectivity index (χ0) is 17.0. The van der Waals surface area contributed by atoms with Gasteiger partial charge in [-0.3, -0.25) is 0 Å². The van der Waals surface area contributed by atoms with Crippen LogP contribution >= 0.6 is 0 Å². The van der Waals surface area contributed by atoms with Gasteiger partial charge in [-0.25, -0.2) is 0 Å². The molecule has 1 saturated carbocycles. The van der Waals surface area contributed by atoms with Crippen LogP contribution in [0, 0.1) is 5.92 Å². The molecule has 9 N–H and O–H groups in total. The Morgan fingerprint density at radius 2 is 1.59 bits per heavy atom. The van der Waals surface area contributed by atoms with Crippen molar-refractivity contribution in [3.8, 4) is 0 Å². The Balaban J connectivity index is 2.56. The van der Waals surface area contributed by atoms with E-state index in [9.17, 15) is 30.6 Å². The Kier molecular flexibility index (Phi) is 7.59. The number of hydrogen-bond donors (Lipinski definition) is 8. The molecule has 0 amide bonds. The van der Waals surface area contributed by atoms with Crippen molar-refractivity contribution in [1.82, 2.24) is 0 Å². The molecule has 9 unspecified atom stereocenters. The van der Waals surface area contributed by atoms with Crippen LogP contribution in [0.1, 0.15) is 13.3 Å². The van der Waals surface area contributed by atoms with E-state index in [1.54, 1.807) is 6.92 Å². The second-order valence-corrected chi connectivity index (χ2v) is 5.95. The summed E-state index contributed by atoms with van der Waals surface area (Å²) in [5, 5.41) is 66.7. The molecule has 0 bridgehead atoms. The Labute approximate surface area is 128 Å². The predicted molar refractivity (Wildman–Crippen MR) is 74.6 cm³/mol. The summed E-state index contributed by atoms with van der Waals surface area (Å²) in [4.78, 5) is 0. The minimum atomic E-state index is -1.76. The van der Waals surface area contributed by atoms with Crippen LogP contribution in [0.3, 0.4) is 0 Å². The molecule has 22 heavy (non-hydrogen) atoms. The van der Waals surface area contributed by atoms with Gasteiger partial charge < -0.3 is 46.2 Å². The summed E-state index contributed by atoms with van der Waals surface area (Å²) in [7, 11) is 0. The fourth-order valence-electron chi connectivity index (χ4n) is 2.55. The molecule has 132 valence electrons. The number of nitrogens with two attached hydrogens (primary N) is 1. The van der Waals surface area contributed by atoms with E-state index in [0.717, 1.165) is 0 Å². The molecule has 1 fully saturated rings. The van der Waals surface area contributed by atoms with Crippen molar-refractivity contribution in [3.05, 3.63) is 0 Å². The second-order valence-electron chi connectivity index (χ2n) is 5.95. The first kappa shape index (κ1) is 19.7. The van der Waals surface area contributed by atoms with Gasteiger partial charge in [-0.15, -0.1) is 0 Å². The smallest absolute Gasteiger partial charge is 0.111 e. The molecule has 9 heteroatoms. The van der Waals surface area contributed by atoms with Gasteiger partial charge in [0.2, 0.25) is 0 Å². The lowest BCUT2D eigenvalue weighted by Gasteiger charge is -2.40. The van der Waals surface area contributed by atoms with E-state index >= 15 is 0 Å². The Morgan fingerprint density at radius 3 is 2.14 bits per heavy atom. The van der Waals surface area contributed by atoms with Gasteiger partial charge in [0.25, 0.3) is 0 Å². The van der Waals surface area contributed by atoms with Crippen molar-refractivity contribution in [2.75, 3.05) is 13.2 Å². The highest BCUT2D eigenvalue weighted by Gasteiger charge is 2.41. The lowest BCUT2D eigenvalue weighted by atomic mass is 9.81. The summed E-state index contributed by atoms with van der Waals surface area (Å²) < 4.78 is 5.25. The Morgan fingerprint density at radius 1 is 1.05 bits per heavy atom. The highest BCUT2D eigenvalue weighted by molar-refractivity contribution is 4.94. The number of hydrogen-bond acceptors (Lipinski definition) is 9. The molecule has 0 aromatic heterocycles. The molecule has 9 atom stereocenters. The first-order valence-corrected chi connectivity index (χ1v) is 7.27. The van der Waals surface area contributed by atoms with Gasteiger partial charge in [0.05, 0.1) is 25.4 Å². The molecule has 1 aliphatic rings. The zero-order valence-electron chi connectivity index (χ0n) is 12.4. The molecule has 0 spiro atoms. The minimum absolute atomic E-state index is 0.202. The Bertz CT molecular complexity index is 319. The number of rotatable bonds is 7. The third kappa shape index (κ3) is 4.57. The lowest BCUT2D eigenvalue weighted by molar-refractivity contribution is -0.176. The highest BCUT2D eigenvalue weighted by Crippen LogP contribution is 2.26. The van der Waals surface area contributed by atoms with Crippen LogP contribution in [-0.4, -0.2) is 97.7 Å². The summed E-state index contributed by atoms with van der Waals surface area (Å²) in [6.45, 7) is 0.478. The van der Waals surface area contributed by atoms with Crippen LogP contribution in [0.2, 0.25) is 0 Å². The van der Waals surface area contributed by atoms with Gasteiger partial charge >= 0.3 is 0 Å². The third-order valence-electron chi connectivity index (χ3n) is 4.12. The topological polar surface area (TPSA) is 177 Å². The number of ether oxygens (including phenoxy) is 1. The first-order valence-electron chi connectivity index (χ1n) is 7.27. The first-order chi connectivity index (χ1) is 10.2. The van der Waals surface area contributed by atoms with Crippen molar-refractivity contribution in [3.63, 3.8) is 0 Å². The van der Waals surface area contributed by atoms with E-state index in [-0.39, 0.29) is 5.92 Å². The fourth-order valence-corrected chi connectivity index (χ4v) is 2.55. The van der Waals surface area contributed by atoms with Gasteiger partial charge in [-0.2, -0.15) is 0 Å². The monoisotopic (exact) mass is 325 g/mol. The summed E-state index contributed by atoms with van der Waals surface area (Å²) in [6.07, 6.45) is -9.41. The minimum Gasteiger partial charge on any atom is -0.394 e. The van der Waals surface area contributed by atoms with Crippen LogP contribution in [-0.2, 0) is 4.74 Å². The van der Waals surface area contributed by atoms with E-state index < -0.39 is 62.0 Å². The molecule has 1 aliphatic carbocycles. The SMILES string of the molecule is CC1CC(N)C(O)C(OCC(O)C(O)C(O)C(O)CO)C1O. The van der Waals surface area contributed by atoms with Gasteiger partial charge in [0.1, 0.15) is 30.5 Å². The third-order valence-corrected chi connectivity index (χ3v) is 4.12. The largest absolute Gasteiger partial charge is 0.394 e. The second kappa shape index (κ2) is 8.48. The van der Waals surface area contributed by atoms with Crippen LogP contribution in [0.15, 0.2) is 0 Å². The van der Waals surface area contributed by atoms with E-state index in [0.29, 0.717) is 6.42 Å². The highest BCUT2D eigenvalue weighted by atomic mass is 16.5. The van der Waals surface area contributed by atoms with Crippen LogP contribution in [0.4, 0.5) is 0 Å². The van der Waals surface area contributed by atoms with E-state index in [1.165, 1.54) is 0 Å². The van der Waals surface area contributed by atoms with Crippen molar-refractivity contribution >= 4 is 0 Å². The summed E-state index contributed by atoms with van der Waals surface area (Å²) >= 11 is 0. The number of aliphatic hydroxyl groups excluding tert-OH is 7. The standard InChI is InChI=1S/C13H27NO8/c1-5-2-6(14)10(19)13(9(5)18)22-4-8(17)12(21)11(20)7(16)3-15/h5-13,15-21H,2-4,14H2,1H3. The van der Waals surface area contributed by atoms with Crippen molar-refractivity contribution in [2.45, 2.75) is 62.1 Å². The zero-order valence-corrected chi connectivity index (χ0v) is 12.4. The number of aliphatic hydroxyl groups is 7. The molecule has 0 radical (unpaired) electrons. The van der Waals surface area contributed by atoms with Gasteiger partial charge in [-0.1, -0.05) is 6.92 Å². The van der Waals surface area contributed by atoms with E-state index in [1.807, 2.05) is 0 Å². The average molecular weight is 325 g/mol. The molecule has 1 rings (SSSR count). The van der Waals surface area contributed by atoms with Crippen LogP contribution < -0.4 is 5.73 Å². The average Bonchev–Trinajstić information content (AvgIpc) is 2.50. The maximum absolute atomic E-state index is 10.0. The summed E-state index contributed by atoms with van der Waals surface area (Å²) in [6, 6.07) is -0.577. The van der Waals surface area contributed by atoms with Gasteiger partial charge in [0.15, 0.2) is 0 Å². The fraction of sp³-hybridized carbons (Fsp3) is 1.00. The normalized spacial score (nSPS) is 38.3. The van der Waals surface area contributed by atoms with Crippen molar-refractivity contribution < 1.29 is 40.5 Å². The summed E-state index contributed by atoms with van der Waals surface area (Å²) in [5.74, 6) is -0.202. The maximum Gasteiger partial charge on any atom is 0.111 e. The molecule has 0 aromatic rings.